The summed E-state index contributed by atoms with van der Waals surface area (Å²) in [7, 11) is -3.22. The maximum absolute atomic E-state index is 12.4. The van der Waals surface area contributed by atoms with Crippen molar-refractivity contribution in [3.8, 4) is 11.7 Å². The van der Waals surface area contributed by atoms with Crippen molar-refractivity contribution in [2.24, 2.45) is 5.92 Å². The van der Waals surface area contributed by atoms with Gasteiger partial charge in [0.25, 0.3) is 5.89 Å². The van der Waals surface area contributed by atoms with Gasteiger partial charge in [0.1, 0.15) is 5.58 Å². The van der Waals surface area contributed by atoms with Gasteiger partial charge in [-0.25, -0.2) is 12.7 Å². The molecule has 27 heavy (non-hydrogen) atoms. The van der Waals surface area contributed by atoms with E-state index in [-0.39, 0.29) is 23.7 Å². The molecule has 0 unspecified atom stereocenters. The second-order valence-corrected chi connectivity index (χ2v) is 8.47. The molecule has 1 saturated heterocycles. The first kappa shape index (κ1) is 17.7. The van der Waals surface area contributed by atoms with Gasteiger partial charge in [-0.1, -0.05) is 23.3 Å². The Morgan fingerprint density at radius 2 is 1.93 bits per heavy atom. The van der Waals surface area contributed by atoms with Gasteiger partial charge >= 0.3 is 6.01 Å². The predicted molar refractivity (Wildman–Crippen MR) is 97.3 cm³/mol. The van der Waals surface area contributed by atoms with Crippen LogP contribution in [0.5, 0.6) is 0 Å². The summed E-state index contributed by atoms with van der Waals surface area (Å²) in [6, 6.07) is 9.28. The maximum Gasteiger partial charge on any atom is 0.322 e. The number of fused-ring (bicyclic) bond motifs is 1. The molecule has 4 rings (SSSR count). The van der Waals surface area contributed by atoms with E-state index in [1.807, 2.05) is 24.3 Å². The molecule has 142 valence electrons. The van der Waals surface area contributed by atoms with Crippen molar-refractivity contribution in [2.75, 3.05) is 24.7 Å². The van der Waals surface area contributed by atoms with Crippen molar-refractivity contribution < 1.29 is 22.0 Å². The van der Waals surface area contributed by atoms with Crippen molar-refractivity contribution in [2.45, 2.75) is 12.8 Å². The highest BCUT2D eigenvalue weighted by Crippen LogP contribution is 2.28. The first-order valence-electron chi connectivity index (χ1n) is 8.48. The molecule has 1 aliphatic rings. The number of carbonyl (C=O) groups is 1. The number of amides is 1. The van der Waals surface area contributed by atoms with Gasteiger partial charge in [0.05, 0.1) is 6.26 Å². The van der Waals surface area contributed by atoms with Crippen molar-refractivity contribution in [3.05, 3.63) is 30.3 Å². The Balaban J connectivity index is 1.41. The van der Waals surface area contributed by atoms with E-state index in [0.717, 1.165) is 5.39 Å². The fraction of sp³-hybridized carbons (Fsp3) is 0.353. The quantitative estimate of drug-likeness (QED) is 0.724. The highest BCUT2D eigenvalue weighted by Gasteiger charge is 2.29. The van der Waals surface area contributed by atoms with Crippen molar-refractivity contribution >= 4 is 32.9 Å². The molecule has 0 atom stereocenters. The molecule has 0 bridgehead atoms. The van der Waals surface area contributed by atoms with Gasteiger partial charge in [-0.15, -0.1) is 5.10 Å². The molecule has 3 heterocycles. The van der Waals surface area contributed by atoms with Gasteiger partial charge < -0.3 is 8.83 Å². The second kappa shape index (κ2) is 6.78. The molecule has 1 aliphatic heterocycles. The number of rotatable bonds is 4. The Bertz CT molecular complexity index is 1050. The van der Waals surface area contributed by atoms with Crippen molar-refractivity contribution in [1.82, 2.24) is 14.5 Å². The molecule has 10 heteroatoms. The van der Waals surface area contributed by atoms with Crippen LogP contribution in [0.2, 0.25) is 0 Å². The largest absolute Gasteiger partial charge is 0.451 e. The molecule has 9 nitrogen and oxygen atoms in total. The fourth-order valence-corrected chi connectivity index (χ4v) is 3.99. The van der Waals surface area contributed by atoms with Crippen LogP contribution in [0.15, 0.2) is 39.2 Å². The minimum atomic E-state index is -3.22. The maximum atomic E-state index is 12.4. The molecule has 0 saturated carbocycles. The van der Waals surface area contributed by atoms with Gasteiger partial charge in [0, 0.05) is 24.4 Å². The summed E-state index contributed by atoms with van der Waals surface area (Å²) in [6.45, 7) is 0.649. The number of hydrogen-bond acceptors (Lipinski definition) is 7. The zero-order valence-electron chi connectivity index (χ0n) is 14.6. The van der Waals surface area contributed by atoms with E-state index in [0.29, 0.717) is 37.3 Å². The summed E-state index contributed by atoms with van der Waals surface area (Å²) in [5, 5.41) is 11.3. The van der Waals surface area contributed by atoms with E-state index in [1.165, 1.54) is 10.6 Å². The number of anilines is 1. The third-order valence-electron chi connectivity index (χ3n) is 4.59. The highest BCUT2D eigenvalue weighted by molar-refractivity contribution is 7.88. The Kier molecular flexibility index (Phi) is 4.44. The van der Waals surface area contributed by atoms with Crippen LogP contribution in [0.4, 0.5) is 6.01 Å². The number of nitrogens with one attached hydrogen (secondary N) is 1. The van der Waals surface area contributed by atoms with Crippen LogP contribution in [0.3, 0.4) is 0 Å². The van der Waals surface area contributed by atoms with E-state index in [2.05, 4.69) is 15.5 Å². The molecule has 3 aromatic rings. The molecular formula is C17H18N4O5S. The Morgan fingerprint density at radius 3 is 2.63 bits per heavy atom. The topological polar surface area (TPSA) is 119 Å². The number of hydrogen-bond donors (Lipinski definition) is 1. The molecule has 1 amide bonds. The number of nitrogens with zero attached hydrogens (tertiary/aromatic N) is 3. The van der Waals surface area contributed by atoms with E-state index >= 15 is 0 Å². The molecule has 1 N–H and O–H groups in total. The summed E-state index contributed by atoms with van der Waals surface area (Å²) in [5.41, 5.74) is 0.703. The van der Waals surface area contributed by atoms with Gasteiger partial charge in [-0.2, -0.15) is 0 Å². The average Bonchev–Trinajstić information content (AvgIpc) is 3.27. The second-order valence-electron chi connectivity index (χ2n) is 6.49. The number of sulfonamides is 1. The summed E-state index contributed by atoms with van der Waals surface area (Å²) < 4.78 is 35.6. The summed E-state index contributed by atoms with van der Waals surface area (Å²) in [4.78, 5) is 12.4. The van der Waals surface area contributed by atoms with Crippen LogP contribution in [0, 0.1) is 5.92 Å². The highest BCUT2D eigenvalue weighted by atomic mass is 32.2. The van der Waals surface area contributed by atoms with Crippen LogP contribution >= 0.6 is 0 Å². The van der Waals surface area contributed by atoms with Crippen molar-refractivity contribution in [3.63, 3.8) is 0 Å². The molecule has 0 spiro atoms. The summed E-state index contributed by atoms with van der Waals surface area (Å²) >= 11 is 0. The van der Waals surface area contributed by atoms with Crippen LogP contribution < -0.4 is 5.32 Å². The number of para-hydroxylation sites is 1. The SMILES string of the molecule is CS(=O)(=O)N1CCC(C(=O)Nc2nnc(-c3cc4ccccc4o3)o2)CC1. The minimum Gasteiger partial charge on any atom is -0.451 e. The van der Waals surface area contributed by atoms with E-state index < -0.39 is 10.0 Å². The van der Waals surface area contributed by atoms with Crippen molar-refractivity contribution in [1.29, 1.82) is 0 Å². The van der Waals surface area contributed by atoms with Gasteiger partial charge in [-0.05, 0) is 25.0 Å². The number of furan rings is 1. The fourth-order valence-electron chi connectivity index (χ4n) is 3.12. The molecule has 1 aromatic carbocycles. The lowest BCUT2D eigenvalue weighted by Crippen LogP contribution is -2.40. The molecule has 0 aliphatic carbocycles. The van der Waals surface area contributed by atoms with E-state index in [4.69, 9.17) is 8.83 Å². The number of aromatic nitrogens is 2. The zero-order valence-corrected chi connectivity index (χ0v) is 15.4. The van der Waals surface area contributed by atoms with Crippen LogP contribution in [-0.2, 0) is 14.8 Å². The third kappa shape index (κ3) is 3.71. The normalized spacial score (nSPS) is 16.6. The van der Waals surface area contributed by atoms with Crippen LogP contribution in [0.25, 0.3) is 22.6 Å². The lowest BCUT2D eigenvalue weighted by Gasteiger charge is -2.28. The van der Waals surface area contributed by atoms with Gasteiger partial charge in [0.2, 0.25) is 15.9 Å². The zero-order chi connectivity index (χ0) is 19.0. The van der Waals surface area contributed by atoms with Gasteiger partial charge in [-0.3, -0.25) is 10.1 Å². The first-order chi connectivity index (χ1) is 12.9. The minimum absolute atomic E-state index is 0.0130. The Morgan fingerprint density at radius 1 is 1.19 bits per heavy atom. The van der Waals surface area contributed by atoms with E-state index in [1.54, 1.807) is 6.07 Å². The van der Waals surface area contributed by atoms with Gasteiger partial charge in [0.15, 0.2) is 5.76 Å². The number of piperidine rings is 1. The van der Waals surface area contributed by atoms with Crippen LogP contribution in [-0.4, -0.2) is 48.2 Å². The molecule has 1 fully saturated rings. The monoisotopic (exact) mass is 390 g/mol. The average molecular weight is 390 g/mol. The molecule has 2 aromatic heterocycles. The third-order valence-corrected chi connectivity index (χ3v) is 5.89. The Hall–Kier alpha value is -2.72. The molecule has 0 radical (unpaired) electrons. The summed E-state index contributed by atoms with van der Waals surface area (Å²) in [6.07, 6.45) is 2.07. The molecular weight excluding hydrogens is 372 g/mol. The smallest absolute Gasteiger partial charge is 0.322 e. The number of carbonyl (C=O) groups excluding carboxylic acids is 1. The summed E-state index contributed by atoms with van der Waals surface area (Å²) in [5.74, 6) is 0.0339. The lowest BCUT2D eigenvalue weighted by atomic mass is 9.97. The van der Waals surface area contributed by atoms with E-state index in [9.17, 15) is 13.2 Å². The first-order valence-corrected chi connectivity index (χ1v) is 10.3. The lowest BCUT2D eigenvalue weighted by molar-refractivity contribution is -0.121. The predicted octanol–water partition coefficient (Wildman–Crippen LogP) is 2.09. The Labute approximate surface area is 155 Å². The number of benzene rings is 1. The van der Waals surface area contributed by atoms with Crippen LogP contribution in [0.1, 0.15) is 12.8 Å². The standard InChI is InChI=1S/C17H18N4O5S/c1-27(23,24)21-8-6-11(7-9-21)15(22)18-17-20-19-16(26-17)14-10-12-4-2-3-5-13(12)25-14/h2-5,10-11H,6-9H2,1H3,(H,18,20,22).